The Morgan fingerprint density at radius 2 is 1.90 bits per heavy atom. The van der Waals surface area contributed by atoms with Gasteiger partial charge in [0.2, 0.25) is 0 Å². The fourth-order valence-corrected chi connectivity index (χ4v) is 1.83. The van der Waals surface area contributed by atoms with Crippen molar-refractivity contribution in [1.82, 2.24) is 5.32 Å². The van der Waals surface area contributed by atoms with Crippen molar-refractivity contribution in [2.24, 2.45) is 0 Å². The number of rotatable bonds is 10. The number of hydrogen-bond donors (Lipinski definition) is 1. The van der Waals surface area contributed by atoms with Crippen molar-refractivity contribution in [2.75, 3.05) is 33.0 Å². The fraction of sp³-hybridized carbons (Fsp3) is 0.600. The molecule has 1 unspecified atom stereocenters. The minimum absolute atomic E-state index is 0.285. The van der Waals surface area contributed by atoms with Crippen LogP contribution in [0.3, 0.4) is 0 Å². The second-order valence-electron chi connectivity index (χ2n) is 4.42. The van der Waals surface area contributed by atoms with Gasteiger partial charge in [0.15, 0.2) is 11.6 Å². The molecule has 3 nitrogen and oxygen atoms in total. The van der Waals surface area contributed by atoms with Gasteiger partial charge in [0.1, 0.15) is 0 Å². The molecule has 0 aliphatic heterocycles. The minimum atomic E-state index is -0.833. The smallest absolute Gasteiger partial charge is 0.163 e. The van der Waals surface area contributed by atoms with Gasteiger partial charge in [0.25, 0.3) is 0 Å². The van der Waals surface area contributed by atoms with E-state index in [-0.39, 0.29) is 12.6 Å². The Morgan fingerprint density at radius 3 is 2.60 bits per heavy atom. The standard InChI is InChI=1S/C15H23F2NO2/c1-3-8-18-14(11-20-10-9-19-4-2)12-6-5-7-13(16)15(12)17/h5-7,14,18H,3-4,8-11H2,1-2H3. The molecular weight excluding hydrogens is 264 g/mol. The zero-order chi connectivity index (χ0) is 14.8. The highest BCUT2D eigenvalue weighted by Gasteiger charge is 2.17. The summed E-state index contributed by atoms with van der Waals surface area (Å²) in [5.41, 5.74) is 0.301. The lowest BCUT2D eigenvalue weighted by molar-refractivity contribution is 0.0429. The molecule has 20 heavy (non-hydrogen) atoms. The van der Waals surface area contributed by atoms with Crippen LogP contribution >= 0.6 is 0 Å². The van der Waals surface area contributed by atoms with E-state index in [1.54, 1.807) is 6.07 Å². The molecule has 0 aromatic heterocycles. The number of nitrogens with one attached hydrogen (secondary N) is 1. The fourth-order valence-electron chi connectivity index (χ4n) is 1.83. The Morgan fingerprint density at radius 1 is 1.15 bits per heavy atom. The Bertz CT molecular complexity index is 388. The number of hydrogen-bond acceptors (Lipinski definition) is 3. The van der Waals surface area contributed by atoms with E-state index in [4.69, 9.17) is 9.47 Å². The van der Waals surface area contributed by atoms with Crippen LogP contribution in [0.15, 0.2) is 18.2 Å². The molecule has 0 aliphatic carbocycles. The first-order chi connectivity index (χ1) is 9.70. The molecular formula is C15H23F2NO2. The van der Waals surface area contributed by atoms with Crippen LogP contribution in [0.5, 0.6) is 0 Å². The summed E-state index contributed by atoms with van der Waals surface area (Å²) in [5.74, 6) is -1.64. The van der Waals surface area contributed by atoms with Gasteiger partial charge in [-0.3, -0.25) is 0 Å². The van der Waals surface area contributed by atoms with Crippen molar-refractivity contribution >= 4 is 0 Å². The van der Waals surface area contributed by atoms with Crippen molar-refractivity contribution in [3.63, 3.8) is 0 Å². The van der Waals surface area contributed by atoms with Crippen LogP contribution in [0.4, 0.5) is 8.78 Å². The van der Waals surface area contributed by atoms with Gasteiger partial charge in [-0.15, -0.1) is 0 Å². The van der Waals surface area contributed by atoms with Gasteiger partial charge in [-0.25, -0.2) is 8.78 Å². The van der Waals surface area contributed by atoms with E-state index in [2.05, 4.69) is 5.32 Å². The molecule has 0 aliphatic rings. The summed E-state index contributed by atoms with van der Waals surface area (Å²) in [5, 5.41) is 3.17. The zero-order valence-electron chi connectivity index (χ0n) is 12.1. The first-order valence-electron chi connectivity index (χ1n) is 7.03. The molecule has 0 bridgehead atoms. The number of halogens is 2. The largest absolute Gasteiger partial charge is 0.379 e. The first kappa shape index (κ1) is 17.0. The molecule has 0 heterocycles. The van der Waals surface area contributed by atoms with Gasteiger partial charge in [-0.05, 0) is 26.0 Å². The van der Waals surface area contributed by atoms with Gasteiger partial charge < -0.3 is 14.8 Å². The lowest BCUT2D eigenvalue weighted by Gasteiger charge is -2.20. The molecule has 114 valence electrons. The summed E-state index contributed by atoms with van der Waals surface area (Å²) in [6, 6.07) is 3.85. The second kappa shape index (κ2) is 9.80. The highest BCUT2D eigenvalue weighted by molar-refractivity contribution is 5.22. The monoisotopic (exact) mass is 287 g/mol. The maximum Gasteiger partial charge on any atom is 0.163 e. The summed E-state index contributed by atoms with van der Waals surface area (Å²) in [7, 11) is 0. The lowest BCUT2D eigenvalue weighted by atomic mass is 10.1. The summed E-state index contributed by atoms with van der Waals surface area (Å²) in [4.78, 5) is 0. The zero-order valence-corrected chi connectivity index (χ0v) is 12.1. The van der Waals surface area contributed by atoms with Crippen LogP contribution in [-0.4, -0.2) is 33.0 Å². The van der Waals surface area contributed by atoms with E-state index in [0.717, 1.165) is 19.0 Å². The molecule has 0 radical (unpaired) electrons. The maximum absolute atomic E-state index is 13.8. The number of ether oxygens (including phenoxy) is 2. The highest BCUT2D eigenvalue weighted by atomic mass is 19.2. The van der Waals surface area contributed by atoms with E-state index in [0.29, 0.717) is 25.4 Å². The molecule has 1 N–H and O–H groups in total. The van der Waals surface area contributed by atoms with Crippen LogP contribution in [-0.2, 0) is 9.47 Å². The Labute approximate surface area is 119 Å². The average Bonchev–Trinajstić information content (AvgIpc) is 2.45. The maximum atomic E-state index is 13.8. The quantitative estimate of drug-likeness (QED) is 0.671. The summed E-state index contributed by atoms with van der Waals surface area (Å²) < 4.78 is 37.7. The Hall–Kier alpha value is -1.04. The Balaban J connectivity index is 2.61. The van der Waals surface area contributed by atoms with Gasteiger partial charge in [0, 0.05) is 12.2 Å². The molecule has 0 saturated heterocycles. The molecule has 1 aromatic carbocycles. The molecule has 1 aromatic rings. The molecule has 0 saturated carbocycles. The normalized spacial score (nSPS) is 12.6. The van der Waals surface area contributed by atoms with Gasteiger partial charge in [0.05, 0.1) is 25.9 Å². The van der Waals surface area contributed by atoms with Gasteiger partial charge in [-0.2, -0.15) is 0 Å². The number of benzene rings is 1. The van der Waals surface area contributed by atoms with Crippen molar-refractivity contribution < 1.29 is 18.3 Å². The van der Waals surface area contributed by atoms with Crippen molar-refractivity contribution in [3.05, 3.63) is 35.4 Å². The second-order valence-corrected chi connectivity index (χ2v) is 4.42. The highest BCUT2D eigenvalue weighted by Crippen LogP contribution is 2.19. The van der Waals surface area contributed by atoms with E-state index >= 15 is 0 Å². The Kier molecular flexibility index (Phi) is 8.34. The predicted molar refractivity (Wildman–Crippen MR) is 74.7 cm³/mol. The van der Waals surface area contributed by atoms with E-state index in [1.165, 1.54) is 6.07 Å². The molecule has 1 rings (SSSR count). The summed E-state index contributed by atoms with van der Waals surface area (Å²) in [6.07, 6.45) is 0.909. The third-order valence-corrected chi connectivity index (χ3v) is 2.86. The molecule has 1 atom stereocenters. The van der Waals surface area contributed by atoms with Gasteiger partial charge >= 0.3 is 0 Å². The van der Waals surface area contributed by atoms with Crippen molar-refractivity contribution in [3.8, 4) is 0 Å². The summed E-state index contributed by atoms with van der Waals surface area (Å²) >= 11 is 0. The molecule has 0 spiro atoms. The van der Waals surface area contributed by atoms with Crippen LogP contribution in [0.25, 0.3) is 0 Å². The van der Waals surface area contributed by atoms with Crippen molar-refractivity contribution in [1.29, 1.82) is 0 Å². The lowest BCUT2D eigenvalue weighted by Crippen LogP contribution is -2.28. The third-order valence-electron chi connectivity index (χ3n) is 2.86. The summed E-state index contributed by atoms with van der Waals surface area (Å²) in [6.45, 7) is 6.51. The molecule has 0 fully saturated rings. The minimum Gasteiger partial charge on any atom is -0.379 e. The predicted octanol–water partition coefficient (Wildman–Crippen LogP) is 3.06. The van der Waals surface area contributed by atoms with Crippen LogP contribution in [0.1, 0.15) is 31.9 Å². The van der Waals surface area contributed by atoms with E-state index < -0.39 is 11.6 Å². The average molecular weight is 287 g/mol. The van der Waals surface area contributed by atoms with Gasteiger partial charge in [-0.1, -0.05) is 19.1 Å². The molecule has 5 heteroatoms. The van der Waals surface area contributed by atoms with E-state index in [1.807, 2.05) is 13.8 Å². The van der Waals surface area contributed by atoms with Crippen molar-refractivity contribution in [2.45, 2.75) is 26.3 Å². The van der Waals surface area contributed by atoms with E-state index in [9.17, 15) is 8.78 Å². The topological polar surface area (TPSA) is 30.5 Å². The SMILES string of the molecule is CCCNC(COCCOCC)c1cccc(F)c1F. The van der Waals surface area contributed by atoms with Crippen LogP contribution < -0.4 is 5.32 Å². The third kappa shape index (κ3) is 5.53. The molecule has 0 amide bonds. The van der Waals surface area contributed by atoms with Crippen LogP contribution in [0, 0.1) is 11.6 Å². The first-order valence-corrected chi connectivity index (χ1v) is 7.03. The van der Waals surface area contributed by atoms with Crippen LogP contribution in [0.2, 0.25) is 0 Å².